The molecule has 0 bridgehead atoms. The highest BCUT2D eigenvalue weighted by molar-refractivity contribution is 9.10. The van der Waals surface area contributed by atoms with Crippen molar-refractivity contribution in [2.45, 2.75) is 13.0 Å². The predicted molar refractivity (Wildman–Crippen MR) is 60.7 cm³/mol. The first-order valence-electron chi connectivity index (χ1n) is 4.44. The summed E-state index contributed by atoms with van der Waals surface area (Å²) in [5, 5.41) is 8.34. The van der Waals surface area contributed by atoms with E-state index in [1.165, 1.54) is 0 Å². The van der Waals surface area contributed by atoms with Crippen LogP contribution in [-0.4, -0.2) is 34.0 Å². The van der Waals surface area contributed by atoms with Gasteiger partial charge in [0, 0.05) is 5.69 Å². The number of hydrogen-bond donors (Lipinski definition) is 4. The summed E-state index contributed by atoms with van der Waals surface area (Å²) in [4.78, 5) is 33.4. The van der Waals surface area contributed by atoms with Gasteiger partial charge in [0.2, 0.25) is 11.8 Å². The normalized spacial score (nSPS) is 10.3. The number of rotatable bonds is 4. The lowest BCUT2D eigenvalue weighted by Gasteiger charge is -2.10. The third-order valence-electron chi connectivity index (χ3n) is 1.93. The predicted octanol–water partition coefficient (Wildman–Crippen LogP) is -1.45. The zero-order chi connectivity index (χ0) is 13.2. The van der Waals surface area contributed by atoms with E-state index in [1.54, 1.807) is 6.92 Å². The van der Waals surface area contributed by atoms with Crippen molar-refractivity contribution in [3.8, 4) is 0 Å². The molecule has 0 aliphatic carbocycles. The molecule has 17 heavy (non-hydrogen) atoms. The minimum absolute atomic E-state index is 0.00926. The summed E-state index contributed by atoms with van der Waals surface area (Å²) in [7, 11) is 0. The molecule has 1 aromatic rings. The van der Waals surface area contributed by atoms with E-state index in [0.29, 0.717) is 10.2 Å². The first-order valence-corrected chi connectivity index (χ1v) is 5.23. The number of aromatic nitrogens is 2. The summed E-state index contributed by atoms with van der Waals surface area (Å²) in [6, 6.07) is -1.56. The van der Waals surface area contributed by atoms with Crippen LogP contribution in [0.3, 0.4) is 0 Å². The van der Waals surface area contributed by atoms with Crippen LogP contribution in [0.2, 0.25) is 0 Å². The number of halogens is 1. The maximum absolute atomic E-state index is 11.7. The van der Waals surface area contributed by atoms with Crippen molar-refractivity contribution in [2.75, 3.05) is 0 Å². The van der Waals surface area contributed by atoms with Gasteiger partial charge in [-0.15, -0.1) is 0 Å². The van der Waals surface area contributed by atoms with Crippen LogP contribution in [0.25, 0.3) is 0 Å². The van der Waals surface area contributed by atoms with Crippen LogP contribution in [0.1, 0.15) is 16.2 Å². The zero-order valence-corrected chi connectivity index (χ0v) is 10.4. The molecule has 6 N–H and O–H groups in total. The molecular weight excluding hydrogens is 294 g/mol. The van der Waals surface area contributed by atoms with Crippen LogP contribution in [0.15, 0.2) is 4.47 Å². The van der Waals surface area contributed by atoms with Gasteiger partial charge < -0.3 is 16.8 Å². The summed E-state index contributed by atoms with van der Waals surface area (Å²) < 4.78 is 0.433. The molecule has 1 heterocycles. The smallest absolute Gasteiger partial charge is 0.274 e. The van der Waals surface area contributed by atoms with E-state index in [-0.39, 0.29) is 5.69 Å². The molecule has 0 unspecified atom stereocenters. The lowest BCUT2D eigenvalue weighted by atomic mass is 10.2. The zero-order valence-electron chi connectivity index (χ0n) is 8.78. The molecule has 0 aliphatic heterocycles. The van der Waals surface area contributed by atoms with Crippen molar-refractivity contribution >= 4 is 33.7 Å². The van der Waals surface area contributed by atoms with Crippen molar-refractivity contribution in [3.05, 3.63) is 15.9 Å². The molecule has 0 atom stereocenters. The molecule has 0 spiro atoms. The Kier molecular flexibility index (Phi) is 3.84. The highest BCUT2D eigenvalue weighted by Crippen LogP contribution is 2.17. The van der Waals surface area contributed by atoms with Crippen molar-refractivity contribution in [2.24, 2.45) is 11.5 Å². The molecule has 0 radical (unpaired) electrons. The largest absolute Gasteiger partial charge is 0.367 e. The summed E-state index contributed by atoms with van der Waals surface area (Å²) in [6.45, 7) is 1.69. The quantitative estimate of drug-likeness (QED) is 0.504. The van der Waals surface area contributed by atoms with Crippen LogP contribution in [0.5, 0.6) is 0 Å². The van der Waals surface area contributed by atoms with Gasteiger partial charge in [-0.1, -0.05) is 0 Å². The first kappa shape index (κ1) is 13.2. The van der Waals surface area contributed by atoms with Gasteiger partial charge in [-0.3, -0.25) is 19.5 Å². The number of aromatic amines is 1. The Balaban J connectivity index is 2.89. The second-order valence-corrected chi connectivity index (χ2v) is 4.02. The number of carbonyl (C=O) groups excluding carboxylic acids is 3. The van der Waals surface area contributed by atoms with E-state index in [2.05, 4.69) is 31.4 Å². The number of nitrogens with one attached hydrogen (secondary N) is 2. The Morgan fingerprint density at radius 1 is 1.35 bits per heavy atom. The first-order chi connectivity index (χ1) is 7.84. The second-order valence-electron chi connectivity index (χ2n) is 3.22. The molecule has 0 aliphatic rings. The lowest BCUT2D eigenvalue weighted by Crippen LogP contribution is -2.52. The molecule has 3 amide bonds. The Bertz CT molecular complexity index is 470. The number of nitrogens with two attached hydrogens (primary N) is 2. The highest BCUT2D eigenvalue weighted by Gasteiger charge is 2.26. The van der Waals surface area contributed by atoms with Gasteiger partial charge in [-0.25, -0.2) is 0 Å². The molecule has 0 fully saturated rings. The fraction of sp³-hybridized carbons (Fsp3) is 0.250. The molecular formula is C8H10BrN5O3. The van der Waals surface area contributed by atoms with Crippen LogP contribution in [0, 0.1) is 6.92 Å². The van der Waals surface area contributed by atoms with Crippen LogP contribution < -0.4 is 16.8 Å². The minimum atomic E-state index is -1.56. The molecule has 0 aromatic carbocycles. The number of primary amides is 2. The van der Waals surface area contributed by atoms with Gasteiger partial charge in [0.05, 0.1) is 4.47 Å². The van der Waals surface area contributed by atoms with Crippen molar-refractivity contribution in [3.63, 3.8) is 0 Å². The summed E-state index contributed by atoms with van der Waals surface area (Å²) in [6.07, 6.45) is 0. The third kappa shape index (κ3) is 2.81. The molecule has 92 valence electrons. The Morgan fingerprint density at radius 2 is 1.88 bits per heavy atom. The average Bonchev–Trinajstić information content (AvgIpc) is 2.55. The second kappa shape index (κ2) is 4.95. The summed E-state index contributed by atoms with van der Waals surface area (Å²) in [5.41, 5.74) is 10.5. The van der Waals surface area contributed by atoms with E-state index in [0.717, 1.165) is 0 Å². The molecule has 9 heteroatoms. The standard InChI is InChI=1S/C8H10BrN5O3/c1-2-3(9)4(14-13-2)8(17)12-5(6(10)15)7(11)16/h5H,1H3,(H2,10,15)(H2,11,16)(H,12,17)(H,13,14). The molecule has 0 saturated heterocycles. The number of aryl methyl sites for hydroxylation is 1. The third-order valence-corrected chi connectivity index (χ3v) is 2.90. The SMILES string of the molecule is Cc1[nH]nc(C(=O)NC(C(N)=O)C(N)=O)c1Br. The molecule has 1 aromatic heterocycles. The molecule has 1 rings (SSSR count). The number of carbonyl (C=O) groups is 3. The van der Waals surface area contributed by atoms with E-state index in [1.807, 2.05) is 0 Å². The number of H-pyrrole nitrogens is 1. The number of amides is 3. The monoisotopic (exact) mass is 303 g/mol. The maximum atomic E-state index is 11.7. The summed E-state index contributed by atoms with van der Waals surface area (Å²) in [5.74, 6) is -2.80. The molecule has 0 saturated carbocycles. The Hall–Kier alpha value is -1.90. The van der Waals surface area contributed by atoms with Crippen molar-refractivity contribution in [1.29, 1.82) is 0 Å². The number of hydrogen-bond acceptors (Lipinski definition) is 4. The van der Waals surface area contributed by atoms with E-state index < -0.39 is 23.8 Å². The van der Waals surface area contributed by atoms with Gasteiger partial charge in [0.15, 0.2) is 11.7 Å². The van der Waals surface area contributed by atoms with Gasteiger partial charge in [-0.05, 0) is 22.9 Å². The minimum Gasteiger partial charge on any atom is -0.367 e. The van der Waals surface area contributed by atoms with Crippen LogP contribution in [-0.2, 0) is 9.59 Å². The maximum Gasteiger partial charge on any atom is 0.274 e. The topological polar surface area (TPSA) is 144 Å². The van der Waals surface area contributed by atoms with Crippen molar-refractivity contribution < 1.29 is 14.4 Å². The Labute approximate surface area is 104 Å². The van der Waals surface area contributed by atoms with Gasteiger partial charge >= 0.3 is 0 Å². The highest BCUT2D eigenvalue weighted by atomic mass is 79.9. The van der Waals surface area contributed by atoms with E-state index >= 15 is 0 Å². The van der Waals surface area contributed by atoms with E-state index in [9.17, 15) is 14.4 Å². The summed E-state index contributed by atoms with van der Waals surface area (Å²) >= 11 is 3.13. The van der Waals surface area contributed by atoms with E-state index in [4.69, 9.17) is 11.5 Å². The van der Waals surface area contributed by atoms with Gasteiger partial charge in [0.1, 0.15) is 0 Å². The average molecular weight is 304 g/mol. The molecule has 8 nitrogen and oxygen atoms in total. The van der Waals surface area contributed by atoms with Gasteiger partial charge in [-0.2, -0.15) is 5.10 Å². The number of nitrogens with zero attached hydrogens (tertiary/aromatic N) is 1. The lowest BCUT2D eigenvalue weighted by molar-refractivity contribution is -0.128. The Morgan fingerprint density at radius 3 is 2.24 bits per heavy atom. The van der Waals surface area contributed by atoms with Gasteiger partial charge in [0.25, 0.3) is 5.91 Å². The van der Waals surface area contributed by atoms with Crippen LogP contribution in [0.4, 0.5) is 0 Å². The fourth-order valence-corrected chi connectivity index (χ4v) is 1.41. The fourth-order valence-electron chi connectivity index (χ4n) is 1.05. The van der Waals surface area contributed by atoms with Crippen LogP contribution >= 0.6 is 15.9 Å². The van der Waals surface area contributed by atoms with Crippen molar-refractivity contribution in [1.82, 2.24) is 15.5 Å².